The quantitative estimate of drug-likeness (QED) is 0.367. The second-order valence-electron chi connectivity index (χ2n) is 14.3. The fourth-order valence-corrected chi connectivity index (χ4v) is 7.75. The molecule has 1 atom stereocenters. The summed E-state index contributed by atoms with van der Waals surface area (Å²) >= 11 is 0. The number of anilines is 1. The number of fused-ring (bicyclic) bond motifs is 2. The average molecular weight is 627 g/mol. The van der Waals surface area contributed by atoms with Gasteiger partial charge < -0.3 is 29.9 Å². The molecule has 0 radical (unpaired) electrons. The van der Waals surface area contributed by atoms with Crippen LogP contribution < -0.4 is 15.0 Å². The van der Waals surface area contributed by atoms with Crippen LogP contribution in [-0.2, 0) is 17.9 Å². The van der Waals surface area contributed by atoms with Gasteiger partial charge in [0.05, 0.1) is 31.0 Å². The second-order valence-corrected chi connectivity index (χ2v) is 14.3. The van der Waals surface area contributed by atoms with E-state index in [0.717, 1.165) is 98.2 Å². The van der Waals surface area contributed by atoms with Gasteiger partial charge in [0, 0.05) is 56.7 Å². The summed E-state index contributed by atoms with van der Waals surface area (Å²) in [5.41, 5.74) is 3.47. The Morgan fingerprint density at radius 2 is 1.89 bits per heavy atom. The number of nitrogens with zero attached hydrogens (tertiary/aromatic N) is 5. The molecular formula is C36H46N6O4. The topological polar surface area (TPSA) is 111 Å². The van der Waals surface area contributed by atoms with Crippen molar-refractivity contribution in [1.29, 1.82) is 0 Å². The number of carbonyl (C=O) groups is 2. The van der Waals surface area contributed by atoms with E-state index in [9.17, 15) is 14.7 Å². The number of aromatic hydroxyl groups is 1. The molecule has 0 spiro atoms. The predicted octanol–water partition coefficient (Wildman–Crippen LogP) is 4.80. The molecule has 3 aliphatic heterocycles. The normalized spacial score (nSPS) is 21.3. The molecule has 2 aromatic carbocycles. The van der Waals surface area contributed by atoms with Crippen molar-refractivity contribution >= 4 is 28.4 Å². The number of amides is 2. The first-order chi connectivity index (χ1) is 22.2. The van der Waals surface area contributed by atoms with Crippen LogP contribution in [0.4, 0.5) is 5.82 Å². The van der Waals surface area contributed by atoms with Crippen molar-refractivity contribution in [3.05, 3.63) is 52.7 Å². The standard InChI is InChI=1S/C36H46N6O4/c1-23-6-5-13-41(18-23)33-30-19-42(34(45)29-17-28(44)16-26-8-4-7-24(2)32(26)29)20-31(30)38-35(39-33)46-22-36(11-12-36)21-40-14-9-27(10-15-40)37-25(3)43/h4,7-8,16-17,23,27,44H,5-6,9-15,18-22H2,1-3H3,(H,37,43). The van der Waals surface area contributed by atoms with Crippen molar-refractivity contribution in [2.75, 3.05) is 44.2 Å². The van der Waals surface area contributed by atoms with Crippen molar-refractivity contribution in [3.63, 3.8) is 0 Å². The minimum atomic E-state index is -0.118. The Labute approximate surface area is 271 Å². The lowest BCUT2D eigenvalue weighted by molar-refractivity contribution is -0.120. The first kappa shape index (κ1) is 30.7. The van der Waals surface area contributed by atoms with Crippen LogP contribution in [-0.4, -0.2) is 82.1 Å². The third-order valence-corrected chi connectivity index (χ3v) is 10.4. The molecule has 1 aromatic heterocycles. The van der Waals surface area contributed by atoms with E-state index in [4.69, 9.17) is 14.7 Å². The Morgan fingerprint density at radius 1 is 1.09 bits per heavy atom. The second kappa shape index (κ2) is 12.4. The van der Waals surface area contributed by atoms with Crippen molar-refractivity contribution < 1.29 is 19.4 Å². The first-order valence-electron chi connectivity index (χ1n) is 16.9. The van der Waals surface area contributed by atoms with E-state index in [0.29, 0.717) is 37.2 Å². The molecule has 1 aliphatic carbocycles. The summed E-state index contributed by atoms with van der Waals surface area (Å²) in [5.74, 6) is 1.47. The van der Waals surface area contributed by atoms with Crippen LogP contribution in [0.5, 0.6) is 11.8 Å². The van der Waals surface area contributed by atoms with Crippen molar-refractivity contribution in [2.24, 2.45) is 11.3 Å². The molecule has 46 heavy (non-hydrogen) atoms. The molecule has 4 aliphatic rings. The predicted molar refractivity (Wildman–Crippen MR) is 177 cm³/mol. The van der Waals surface area contributed by atoms with Crippen LogP contribution in [0.2, 0.25) is 0 Å². The zero-order valence-corrected chi connectivity index (χ0v) is 27.3. The molecule has 3 aromatic rings. The van der Waals surface area contributed by atoms with Gasteiger partial charge in [-0.3, -0.25) is 9.59 Å². The summed E-state index contributed by atoms with van der Waals surface area (Å²) in [6.07, 6.45) is 6.52. The molecule has 2 amide bonds. The summed E-state index contributed by atoms with van der Waals surface area (Å²) in [6, 6.07) is 9.85. The molecule has 10 nitrogen and oxygen atoms in total. The molecule has 244 valence electrons. The van der Waals surface area contributed by atoms with E-state index in [-0.39, 0.29) is 29.0 Å². The number of carbonyl (C=O) groups excluding carboxylic acids is 2. The van der Waals surface area contributed by atoms with Gasteiger partial charge in [-0.05, 0) is 79.8 Å². The first-order valence-corrected chi connectivity index (χ1v) is 16.9. The molecule has 1 unspecified atom stereocenters. The largest absolute Gasteiger partial charge is 0.508 e. The number of rotatable bonds is 8. The van der Waals surface area contributed by atoms with Gasteiger partial charge in [0.25, 0.3) is 5.91 Å². The highest BCUT2D eigenvalue weighted by Crippen LogP contribution is 2.47. The lowest BCUT2D eigenvalue weighted by Crippen LogP contribution is -2.46. The summed E-state index contributed by atoms with van der Waals surface area (Å²) in [5, 5.41) is 15.3. The van der Waals surface area contributed by atoms with Gasteiger partial charge >= 0.3 is 6.01 Å². The number of piperidine rings is 2. The minimum absolute atomic E-state index is 0.0497. The molecule has 2 N–H and O–H groups in total. The van der Waals surface area contributed by atoms with Gasteiger partial charge in [-0.15, -0.1) is 0 Å². The maximum Gasteiger partial charge on any atom is 0.318 e. The zero-order chi connectivity index (χ0) is 32.0. The SMILES string of the molecule is CC(=O)NC1CCN(CC2(COc3nc4c(c(N5CCCC(C)C5)n3)CN(C(=O)c3cc(O)cc5cccc(C)c35)C4)CC2)CC1. The highest BCUT2D eigenvalue weighted by molar-refractivity contribution is 6.09. The van der Waals surface area contributed by atoms with Gasteiger partial charge in [0.15, 0.2) is 0 Å². The minimum Gasteiger partial charge on any atom is -0.508 e. The van der Waals surface area contributed by atoms with Gasteiger partial charge in [-0.1, -0.05) is 25.1 Å². The van der Waals surface area contributed by atoms with Crippen LogP contribution in [0.3, 0.4) is 0 Å². The van der Waals surface area contributed by atoms with Crippen LogP contribution in [0.15, 0.2) is 30.3 Å². The summed E-state index contributed by atoms with van der Waals surface area (Å²) in [7, 11) is 0. The van der Waals surface area contributed by atoms with Crippen LogP contribution in [0.25, 0.3) is 10.8 Å². The van der Waals surface area contributed by atoms with Crippen LogP contribution >= 0.6 is 0 Å². The average Bonchev–Trinajstić information content (AvgIpc) is 3.65. The van der Waals surface area contributed by atoms with Gasteiger partial charge in [0.1, 0.15) is 11.6 Å². The van der Waals surface area contributed by atoms with E-state index in [1.165, 1.54) is 6.42 Å². The number of nitrogens with one attached hydrogen (secondary N) is 1. The Hall–Kier alpha value is -3.92. The van der Waals surface area contributed by atoms with Crippen molar-refractivity contribution in [3.8, 4) is 11.8 Å². The lowest BCUT2D eigenvalue weighted by Gasteiger charge is -2.34. The van der Waals surface area contributed by atoms with Crippen LogP contribution in [0.1, 0.15) is 79.6 Å². The number of phenols is 1. The highest BCUT2D eigenvalue weighted by atomic mass is 16.5. The smallest absolute Gasteiger partial charge is 0.318 e. The molecule has 1 saturated carbocycles. The molecule has 10 heteroatoms. The van der Waals surface area contributed by atoms with Crippen molar-refractivity contribution in [2.45, 2.75) is 78.4 Å². The fraction of sp³-hybridized carbons (Fsp3) is 0.556. The number of ether oxygens (including phenoxy) is 1. The zero-order valence-electron chi connectivity index (χ0n) is 27.3. The van der Waals surface area contributed by atoms with E-state index < -0.39 is 0 Å². The maximum absolute atomic E-state index is 14.1. The monoisotopic (exact) mass is 626 g/mol. The van der Waals surface area contributed by atoms with Gasteiger partial charge in [-0.25, -0.2) is 0 Å². The molecular weight excluding hydrogens is 580 g/mol. The number of aromatic nitrogens is 2. The third kappa shape index (κ3) is 6.36. The number of hydrogen-bond donors (Lipinski definition) is 2. The number of hydrogen-bond acceptors (Lipinski definition) is 8. The highest BCUT2D eigenvalue weighted by Gasteiger charge is 2.45. The van der Waals surface area contributed by atoms with E-state index in [1.54, 1.807) is 19.1 Å². The molecule has 7 rings (SSSR count). The lowest BCUT2D eigenvalue weighted by atomic mass is 9.98. The molecule has 4 heterocycles. The summed E-state index contributed by atoms with van der Waals surface area (Å²) in [6.45, 7) is 12.1. The van der Waals surface area contributed by atoms with E-state index in [1.807, 2.05) is 30.0 Å². The number of benzene rings is 2. The van der Waals surface area contributed by atoms with Gasteiger partial charge in [-0.2, -0.15) is 9.97 Å². The summed E-state index contributed by atoms with van der Waals surface area (Å²) in [4.78, 5) is 42.2. The Bertz CT molecular complexity index is 1650. The Balaban J connectivity index is 1.10. The Morgan fingerprint density at radius 3 is 2.63 bits per heavy atom. The molecule has 3 fully saturated rings. The fourth-order valence-electron chi connectivity index (χ4n) is 7.75. The van der Waals surface area contributed by atoms with Crippen LogP contribution in [0, 0.1) is 18.3 Å². The third-order valence-electron chi connectivity index (χ3n) is 10.4. The number of likely N-dealkylation sites (tertiary alicyclic amines) is 1. The molecule has 0 bridgehead atoms. The van der Waals surface area contributed by atoms with Gasteiger partial charge in [0.2, 0.25) is 5.91 Å². The van der Waals surface area contributed by atoms with E-state index >= 15 is 0 Å². The van der Waals surface area contributed by atoms with E-state index in [2.05, 4.69) is 22.0 Å². The Kier molecular flexibility index (Phi) is 8.25. The number of aryl methyl sites for hydroxylation is 1. The summed E-state index contributed by atoms with van der Waals surface area (Å²) < 4.78 is 6.43. The molecule has 2 saturated heterocycles. The number of phenolic OH excluding ortho intramolecular Hbond substituents is 1. The maximum atomic E-state index is 14.1. The van der Waals surface area contributed by atoms with Crippen molar-refractivity contribution in [1.82, 2.24) is 25.1 Å².